The van der Waals surface area contributed by atoms with E-state index < -0.39 is 0 Å². The Hall–Kier alpha value is -1.53. The summed E-state index contributed by atoms with van der Waals surface area (Å²) in [5.74, 6) is 0.809. The number of nitrogens with zero attached hydrogens (tertiary/aromatic N) is 1. The summed E-state index contributed by atoms with van der Waals surface area (Å²) < 4.78 is 5.24. The van der Waals surface area contributed by atoms with Crippen LogP contribution in [0.25, 0.3) is 0 Å². The number of nitriles is 1. The molecule has 2 rings (SSSR count). The minimum atomic E-state index is 0.0215. The van der Waals surface area contributed by atoms with E-state index in [1.54, 1.807) is 13.2 Å². The Kier molecular flexibility index (Phi) is 2.14. The Morgan fingerprint density at radius 2 is 2.36 bits per heavy atom. The summed E-state index contributed by atoms with van der Waals surface area (Å²) in [6, 6.07) is 5.83. The topological polar surface area (TPSA) is 59.0 Å². The smallest absolute Gasteiger partial charge is 0.123 e. The number of hydrogen-bond donors (Lipinski definition) is 1. The SMILES string of the molecule is COc1ccc(C#N)c2c1C(N)CC2. The summed E-state index contributed by atoms with van der Waals surface area (Å²) in [5.41, 5.74) is 8.78. The van der Waals surface area contributed by atoms with Crippen molar-refractivity contribution in [3.63, 3.8) is 0 Å². The van der Waals surface area contributed by atoms with Crippen molar-refractivity contribution in [1.29, 1.82) is 5.26 Å². The van der Waals surface area contributed by atoms with Gasteiger partial charge in [-0.25, -0.2) is 0 Å². The van der Waals surface area contributed by atoms with E-state index >= 15 is 0 Å². The van der Waals surface area contributed by atoms with Gasteiger partial charge in [-0.05, 0) is 30.5 Å². The molecule has 0 heterocycles. The molecule has 1 aromatic rings. The fourth-order valence-corrected chi connectivity index (χ4v) is 2.05. The van der Waals surface area contributed by atoms with Crippen LogP contribution in [0.4, 0.5) is 0 Å². The molecule has 1 aliphatic carbocycles. The van der Waals surface area contributed by atoms with Gasteiger partial charge in [0, 0.05) is 11.6 Å². The lowest BCUT2D eigenvalue weighted by Crippen LogP contribution is -2.07. The van der Waals surface area contributed by atoms with Crippen LogP contribution in [0.5, 0.6) is 5.75 Å². The predicted molar refractivity (Wildman–Crippen MR) is 53.0 cm³/mol. The van der Waals surface area contributed by atoms with Crippen molar-refractivity contribution in [2.24, 2.45) is 5.73 Å². The second-order valence-corrected chi connectivity index (χ2v) is 3.46. The Bertz CT molecular complexity index is 406. The number of fused-ring (bicyclic) bond motifs is 1. The number of hydrogen-bond acceptors (Lipinski definition) is 3. The molecule has 1 atom stereocenters. The monoisotopic (exact) mass is 188 g/mol. The minimum absolute atomic E-state index is 0.0215. The summed E-state index contributed by atoms with van der Waals surface area (Å²) >= 11 is 0. The Morgan fingerprint density at radius 1 is 1.57 bits per heavy atom. The Balaban J connectivity index is 2.64. The first-order valence-electron chi connectivity index (χ1n) is 4.63. The van der Waals surface area contributed by atoms with Crippen LogP contribution in [0.2, 0.25) is 0 Å². The third-order valence-electron chi connectivity index (χ3n) is 2.73. The molecule has 1 aromatic carbocycles. The van der Waals surface area contributed by atoms with Crippen LogP contribution in [0.1, 0.15) is 29.2 Å². The average molecular weight is 188 g/mol. The van der Waals surface area contributed by atoms with Crippen LogP contribution in [0.3, 0.4) is 0 Å². The van der Waals surface area contributed by atoms with Crippen LogP contribution in [0.15, 0.2) is 12.1 Å². The van der Waals surface area contributed by atoms with Gasteiger partial charge in [-0.15, -0.1) is 0 Å². The zero-order valence-corrected chi connectivity index (χ0v) is 8.08. The van der Waals surface area contributed by atoms with E-state index in [1.807, 2.05) is 6.07 Å². The summed E-state index contributed by atoms with van der Waals surface area (Å²) in [6.07, 6.45) is 1.79. The molecule has 0 saturated carbocycles. The van der Waals surface area contributed by atoms with Gasteiger partial charge in [0.2, 0.25) is 0 Å². The minimum Gasteiger partial charge on any atom is -0.496 e. The van der Waals surface area contributed by atoms with Gasteiger partial charge in [-0.2, -0.15) is 5.26 Å². The van der Waals surface area contributed by atoms with Crippen LogP contribution >= 0.6 is 0 Å². The van der Waals surface area contributed by atoms with Crippen LogP contribution in [-0.4, -0.2) is 7.11 Å². The Morgan fingerprint density at radius 3 is 3.00 bits per heavy atom. The molecule has 0 aromatic heterocycles. The molecule has 0 saturated heterocycles. The molecular formula is C11H12N2O. The molecule has 3 nitrogen and oxygen atoms in total. The standard InChI is InChI=1S/C11H12N2O/c1-14-10-5-2-7(6-12)8-3-4-9(13)11(8)10/h2,5,9H,3-4,13H2,1H3. The molecule has 14 heavy (non-hydrogen) atoms. The number of ether oxygens (including phenoxy) is 1. The highest BCUT2D eigenvalue weighted by atomic mass is 16.5. The quantitative estimate of drug-likeness (QED) is 0.726. The molecule has 0 radical (unpaired) electrons. The van der Waals surface area contributed by atoms with Crippen molar-refractivity contribution in [3.05, 3.63) is 28.8 Å². The van der Waals surface area contributed by atoms with E-state index in [2.05, 4.69) is 6.07 Å². The van der Waals surface area contributed by atoms with Gasteiger partial charge < -0.3 is 10.5 Å². The third kappa shape index (κ3) is 1.16. The van der Waals surface area contributed by atoms with E-state index in [0.29, 0.717) is 0 Å². The van der Waals surface area contributed by atoms with Crippen molar-refractivity contribution in [2.75, 3.05) is 7.11 Å². The molecule has 0 aliphatic heterocycles. The van der Waals surface area contributed by atoms with Gasteiger partial charge >= 0.3 is 0 Å². The Labute approximate surface area is 83.1 Å². The fraction of sp³-hybridized carbons (Fsp3) is 0.364. The number of nitrogens with two attached hydrogens (primary N) is 1. The first-order chi connectivity index (χ1) is 6.77. The predicted octanol–water partition coefficient (Wildman–Crippen LogP) is 1.51. The highest BCUT2D eigenvalue weighted by molar-refractivity contribution is 5.53. The normalized spacial score (nSPS) is 18.8. The second kappa shape index (κ2) is 3.32. The fourth-order valence-electron chi connectivity index (χ4n) is 2.05. The van der Waals surface area contributed by atoms with E-state index in [-0.39, 0.29) is 6.04 Å². The van der Waals surface area contributed by atoms with E-state index in [1.165, 1.54) is 0 Å². The van der Waals surface area contributed by atoms with Crippen LogP contribution < -0.4 is 10.5 Å². The molecule has 3 heteroatoms. The van der Waals surface area contributed by atoms with Gasteiger partial charge in [0.05, 0.1) is 18.7 Å². The van der Waals surface area contributed by atoms with Crippen LogP contribution in [-0.2, 0) is 6.42 Å². The van der Waals surface area contributed by atoms with Crippen molar-refractivity contribution in [1.82, 2.24) is 0 Å². The molecule has 0 bridgehead atoms. The molecule has 0 fully saturated rings. The molecular weight excluding hydrogens is 176 g/mol. The highest BCUT2D eigenvalue weighted by Crippen LogP contribution is 2.38. The number of rotatable bonds is 1. The lowest BCUT2D eigenvalue weighted by molar-refractivity contribution is 0.407. The van der Waals surface area contributed by atoms with E-state index in [0.717, 1.165) is 35.3 Å². The largest absolute Gasteiger partial charge is 0.496 e. The zero-order chi connectivity index (χ0) is 10.1. The van der Waals surface area contributed by atoms with Crippen LogP contribution in [0, 0.1) is 11.3 Å². The summed E-state index contributed by atoms with van der Waals surface area (Å²) in [7, 11) is 1.63. The number of methoxy groups -OCH3 is 1. The first-order valence-corrected chi connectivity index (χ1v) is 4.63. The van der Waals surface area contributed by atoms with Gasteiger partial charge in [-0.1, -0.05) is 0 Å². The third-order valence-corrected chi connectivity index (χ3v) is 2.73. The zero-order valence-electron chi connectivity index (χ0n) is 8.08. The summed E-state index contributed by atoms with van der Waals surface area (Å²) in [6.45, 7) is 0. The van der Waals surface area contributed by atoms with E-state index in [4.69, 9.17) is 15.7 Å². The number of benzene rings is 1. The average Bonchev–Trinajstić information content (AvgIpc) is 2.60. The highest BCUT2D eigenvalue weighted by Gasteiger charge is 2.25. The first kappa shape index (κ1) is 9.04. The van der Waals surface area contributed by atoms with Gasteiger partial charge in [0.15, 0.2) is 0 Å². The molecule has 1 aliphatic rings. The van der Waals surface area contributed by atoms with Crippen molar-refractivity contribution >= 4 is 0 Å². The molecule has 72 valence electrons. The van der Waals surface area contributed by atoms with Crippen molar-refractivity contribution in [3.8, 4) is 11.8 Å². The molecule has 0 amide bonds. The van der Waals surface area contributed by atoms with E-state index in [9.17, 15) is 0 Å². The molecule has 0 spiro atoms. The summed E-state index contributed by atoms with van der Waals surface area (Å²) in [5, 5.41) is 8.92. The van der Waals surface area contributed by atoms with Crippen molar-refractivity contribution < 1.29 is 4.74 Å². The van der Waals surface area contributed by atoms with Gasteiger partial charge in [0.25, 0.3) is 0 Å². The molecule has 1 unspecified atom stereocenters. The lowest BCUT2D eigenvalue weighted by Gasteiger charge is -2.11. The molecule has 2 N–H and O–H groups in total. The maximum absolute atomic E-state index is 8.92. The van der Waals surface area contributed by atoms with Crippen molar-refractivity contribution in [2.45, 2.75) is 18.9 Å². The van der Waals surface area contributed by atoms with Gasteiger partial charge in [0.1, 0.15) is 5.75 Å². The second-order valence-electron chi connectivity index (χ2n) is 3.46. The van der Waals surface area contributed by atoms with Gasteiger partial charge in [-0.3, -0.25) is 0 Å². The summed E-state index contributed by atoms with van der Waals surface area (Å²) in [4.78, 5) is 0. The lowest BCUT2D eigenvalue weighted by atomic mass is 10.0. The maximum atomic E-state index is 8.92. The maximum Gasteiger partial charge on any atom is 0.123 e.